The van der Waals surface area contributed by atoms with Gasteiger partial charge in [-0.25, -0.2) is 4.39 Å². The second-order valence-electron chi connectivity index (χ2n) is 3.12. The molecule has 0 radical (unpaired) electrons. The van der Waals surface area contributed by atoms with Crippen molar-refractivity contribution in [2.24, 2.45) is 0 Å². The summed E-state index contributed by atoms with van der Waals surface area (Å²) in [6.07, 6.45) is 2.81. The van der Waals surface area contributed by atoms with E-state index < -0.39 is 0 Å². The van der Waals surface area contributed by atoms with Crippen molar-refractivity contribution in [2.45, 2.75) is 0 Å². The van der Waals surface area contributed by atoms with Crippen LogP contribution >= 0.6 is 0 Å². The zero-order chi connectivity index (χ0) is 10.7. The fourth-order valence-electron chi connectivity index (χ4n) is 1.37. The van der Waals surface area contributed by atoms with Crippen molar-refractivity contribution in [1.82, 2.24) is 4.98 Å². The first-order valence-electron chi connectivity index (χ1n) is 4.54. The third-order valence-electron chi connectivity index (χ3n) is 2.11. The smallest absolute Gasteiger partial charge is 0.142 e. The lowest BCUT2D eigenvalue weighted by Gasteiger charge is -2.03. The van der Waals surface area contributed by atoms with Crippen molar-refractivity contribution in [3.8, 4) is 16.9 Å². The Labute approximate surface area is 87.4 Å². The molecule has 2 nitrogen and oxygen atoms in total. The van der Waals surface area contributed by atoms with E-state index in [1.165, 1.54) is 12.3 Å². The molecule has 0 spiro atoms. The first-order chi connectivity index (χ1) is 7.29. The maximum atomic E-state index is 12.9. The van der Waals surface area contributed by atoms with Crippen LogP contribution in [-0.4, -0.2) is 12.1 Å². The SMILES string of the molecule is COc1cccc(-c2cncc(F)c2)c1. The predicted octanol–water partition coefficient (Wildman–Crippen LogP) is 2.90. The molecular weight excluding hydrogens is 193 g/mol. The van der Waals surface area contributed by atoms with Crippen LogP contribution in [0.4, 0.5) is 4.39 Å². The van der Waals surface area contributed by atoms with E-state index in [4.69, 9.17) is 4.74 Å². The summed E-state index contributed by atoms with van der Waals surface area (Å²) in [5, 5.41) is 0. The number of methoxy groups -OCH3 is 1. The largest absolute Gasteiger partial charge is 0.497 e. The van der Waals surface area contributed by atoms with Crippen molar-refractivity contribution in [3.05, 3.63) is 48.5 Å². The number of nitrogens with zero attached hydrogens (tertiary/aromatic N) is 1. The maximum absolute atomic E-state index is 12.9. The van der Waals surface area contributed by atoms with Gasteiger partial charge in [0.25, 0.3) is 0 Å². The fraction of sp³-hybridized carbons (Fsp3) is 0.0833. The first-order valence-corrected chi connectivity index (χ1v) is 4.54. The minimum atomic E-state index is -0.338. The van der Waals surface area contributed by atoms with Crippen molar-refractivity contribution in [3.63, 3.8) is 0 Å². The summed E-state index contributed by atoms with van der Waals surface area (Å²) in [6.45, 7) is 0. The van der Waals surface area contributed by atoms with Crippen molar-refractivity contribution in [1.29, 1.82) is 0 Å². The molecule has 0 saturated carbocycles. The summed E-state index contributed by atoms with van der Waals surface area (Å²) in [5.74, 6) is 0.409. The van der Waals surface area contributed by atoms with Crippen LogP contribution < -0.4 is 4.74 Å². The van der Waals surface area contributed by atoms with E-state index in [2.05, 4.69) is 4.98 Å². The molecule has 0 amide bonds. The summed E-state index contributed by atoms with van der Waals surface area (Å²) in [5.41, 5.74) is 1.63. The Morgan fingerprint density at radius 3 is 2.73 bits per heavy atom. The molecular formula is C12H10FNO. The monoisotopic (exact) mass is 203 g/mol. The molecule has 0 aliphatic carbocycles. The van der Waals surface area contributed by atoms with Gasteiger partial charge >= 0.3 is 0 Å². The van der Waals surface area contributed by atoms with E-state index in [0.29, 0.717) is 0 Å². The summed E-state index contributed by atoms with van der Waals surface area (Å²) in [6, 6.07) is 8.88. The highest BCUT2D eigenvalue weighted by Gasteiger charge is 2.00. The van der Waals surface area contributed by atoms with Gasteiger partial charge < -0.3 is 4.74 Å². The molecule has 0 aliphatic heterocycles. The Morgan fingerprint density at radius 2 is 2.00 bits per heavy atom. The minimum absolute atomic E-state index is 0.338. The summed E-state index contributed by atoms with van der Waals surface area (Å²) >= 11 is 0. The van der Waals surface area contributed by atoms with Crippen LogP contribution in [-0.2, 0) is 0 Å². The quantitative estimate of drug-likeness (QED) is 0.748. The van der Waals surface area contributed by atoms with Gasteiger partial charge in [0.15, 0.2) is 0 Å². The molecule has 1 aromatic heterocycles. The van der Waals surface area contributed by atoms with Crippen LogP contribution in [0.1, 0.15) is 0 Å². The number of benzene rings is 1. The van der Waals surface area contributed by atoms with Gasteiger partial charge in [-0.2, -0.15) is 0 Å². The van der Waals surface area contributed by atoms with Crippen molar-refractivity contribution < 1.29 is 9.13 Å². The van der Waals surface area contributed by atoms with E-state index in [1.54, 1.807) is 13.3 Å². The topological polar surface area (TPSA) is 22.1 Å². The fourth-order valence-corrected chi connectivity index (χ4v) is 1.37. The normalized spacial score (nSPS) is 10.0. The van der Waals surface area contributed by atoms with Crippen LogP contribution in [0.3, 0.4) is 0 Å². The lowest BCUT2D eigenvalue weighted by atomic mass is 10.1. The van der Waals surface area contributed by atoms with Crippen LogP contribution in [0, 0.1) is 5.82 Å². The molecule has 0 atom stereocenters. The lowest BCUT2D eigenvalue weighted by molar-refractivity contribution is 0.415. The van der Waals surface area contributed by atoms with Gasteiger partial charge in [0.1, 0.15) is 11.6 Å². The third kappa shape index (κ3) is 2.13. The van der Waals surface area contributed by atoms with Crippen LogP contribution in [0.15, 0.2) is 42.7 Å². The molecule has 2 aromatic rings. The highest BCUT2D eigenvalue weighted by atomic mass is 19.1. The molecule has 1 heterocycles. The van der Waals surface area contributed by atoms with Gasteiger partial charge in [0.05, 0.1) is 13.3 Å². The highest BCUT2D eigenvalue weighted by molar-refractivity contribution is 5.64. The Morgan fingerprint density at radius 1 is 1.13 bits per heavy atom. The molecule has 1 aromatic carbocycles. The lowest BCUT2D eigenvalue weighted by Crippen LogP contribution is -1.85. The Hall–Kier alpha value is -1.90. The standard InChI is InChI=1S/C12H10FNO/c1-15-12-4-2-3-9(6-12)10-5-11(13)8-14-7-10/h2-8H,1H3. The number of ether oxygens (including phenoxy) is 1. The third-order valence-corrected chi connectivity index (χ3v) is 2.11. The van der Waals surface area contributed by atoms with E-state index >= 15 is 0 Å². The second-order valence-corrected chi connectivity index (χ2v) is 3.12. The molecule has 0 unspecified atom stereocenters. The highest BCUT2D eigenvalue weighted by Crippen LogP contribution is 2.23. The van der Waals surface area contributed by atoms with Gasteiger partial charge in [-0.05, 0) is 23.8 Å². The Kier molecular flexibility index (Phi) is 2.63. The van der Waals surface area contributed by atoms with Crippen molar-refractivity contribution in [2.75, 3.05) is 7.11 Å². The molecule has 0 N–H and O–H groups in total. The maximum Gasteiger partial charge on any atom is 0.142 e. The van der Waals surface area contributed by atoms with Gasteiger partial charge in [-0.15, -0.1) is 0 Å². The second kappa shape index (κ2) is 4.09. The molecule has 0 aliphatic rings. The number of hydrogen-bond acceptors (Lipinski definition) is 2. The van der Waals surface area contributed by atoms with E-state index in [1.807, 2.05) is 24.3 Å². The van der Waals surface area contributed by atoms with Crippen LogP contribution in [0.2, 0.25) is 0 Å². The minimum Gasteiger partial charge on any atom is -0.497 e. The summed E-state index contributed by atoms with van der Waals surface area (Å²) in [7, 11) is 1.60. The molecule has 0 saturated heterocycles. The number of aromatic nitrogens is 1. The van der Waals surface area contributed by atoms with Gasteiger partial charge in [-0.1, -0.05) is 12.1 Å². The number of rotatable bonds is 2. The van der Waals surface area contributed by atoms with E-state index in [9.17, 15) is 4.39 Å². The average molecular weight is 203 g/mol. The van der Waals surface area contributed by atoms with Gasteiger partial charge in [0, 0.05) is 11.8 Å². The molecule has 0 bridgehead atoms. The van der Waals surface area contributed by atoms with Crippen LogP contribution in [0.25, 0.3) is 11.1 Å². The van der Waals surface area contributed by atoms with Crippen molar-refractivity contribution >= 4 is 0 Å². The molecule has 0 fully saturated rings. The molecule has 3 heteroatoms. The van der Waals surface area contributed by atoms with Crippen LogP contribution in [0.5, 0.6) is 5.75 Å². The Bertz CT molecular complexity index is 471. The number of hydrogen-bond donors (Lipinski definition) is 0. The average Bonchev–Trinajstić information content (AvgIpc) is 2.29. The zero-order valence-corrected chi connectivity index (χ0v) is 8.27. The van der Waals surface area contributed by atoms with Gasteiger partial charge in [0.2, 0.25) is 0 Å². The number of pyridine rings is 1. The predicted molar refractivity (Wildman–Crippen MR) is 56.2 cm³/mol. The van der Waals surface area contributed by atoms with E-state index in [-0.39, 0.29) is 5.82 Å². The summed E-state index contributed by atoms with van der Waals surface area (Å²) < 4.78 is 18.0. The van der Waals surface area contributed by atoms with E-state index in [0.717, 1.165) is 16.9 Å². The first kappa shape index (κ1) is 9.65. The molecule has 2 rings (SSSR count). The Balaban J connectivity index is 2.44. The summed E-state index contributed by atoms with van der Waals surface area (Å²) in [4.78, 5) is 3.80. The molecule has 15 heavy (non-hydrogen) atoms. The zero-order valence-electron chi connectivity index (χ0n) is 8.27. The van der Waals surface area contributed by atoms with Gasteiger partial charge in [-0.3, -0.25) is 4.98 Å². The molecule has 76 valence electrons. The number of halogens is 1.